The number of amides is 1. The van der Waals surface area contributed by atoms with E-state index in [9.17, 15) is 36.2 Å². The largest absolute Gasteiger partial charge is 0.416 e. The van der Waals surface area contributed by atoms with Crippen molar-refractivity contribution in [1.82, 2.24) is 10.6 Å². The lowest BCUT2D eigenvalue weighted by molar-refractivity contribution is -0.143. The van der Waals surface area contributed by atoms with E-state index in [1.54, 1.807) is 0 Å². The van der Waals surface area contributed by atoms with Crippen LogP contribution in [0.25, 0.3) is 0 Å². The van der Waals surface area contributed by atoms with Gasteiger partial charge < -0.3 is 15.7 Å². The average Bonchev–Trinajstić information content (AvgIpc) is 3.39. The summed E-state index contributed by atoms with van der Waals surface area (Å²) in [5.41, 5.74) is -4.20. The Hall–Kier alpha value is -1.81. The van der Waals surface area contributed by atoms with Crippen molar-refractivity contribution in [3.8, 4) is 0 Å². The molecule has 2 fully saturated rings. The third-order valence-electron chi connectivity index (χ3n) is 7.58. The van der Waals surface area contributed by atoms with Crippen LogP contribution in [0.4, 0.5) is 26.3 Å². The molecular weight excluding hydrogens is 462 g/mol. The number of alkyl halides is 6. The number of aliphatic hydroxyl groups is 1. The third-order valence-corrected chi connectivity index (χ3v) is 7.58. The van der Waals surface area contributed by atoms with Gasteiger partial charge in [-0.05, 0) is 61.8 Å². The van der Waals surface area contributed by atoms with E-state index in [1.165, 1.54) is 0 Å². The quantitative estimate of drug-likeness (QED) is 0.443. The molecule has 2 saturated carbocycles. The number of nitrogens with one attached hydrogen (secondary N) is 2. The average molecular weight is 495 g/mol. The SMILES string of the molecule is CC(C)[C@]1(C(=O)NCc2cc(C(F)(F)F)cc(C(F)(F)F)c2)CC[C@@H](NC2(CO)CCCC2)C1. The molecule has 2 atom stereocenters. The monoisotopic (exact) mass is 494 g/mol. The number of rotatable bonds is 7. The van der Waals surface area contributed by atoms with E-state index in [-0.39, 0.29) is 41.6 Å². The third kappa shape index (κ3) is 5.70. The van der Waals surface area contributed by atoms with E-state index in [0.717, 1.165) is 25.7 Å². The zero-order valence-electron chi connectivity index (χ0n) is 19.4. The topological polar surface area (TPSA) is 61.4 Å². The first-order valence-electron chi connectivity index (χ1n) is 11.7. The van der Waals surface area contributed by atoms with Crippen LogP contribution >= 0.6 is 0 Å². The summed E-state index contributed by atoms with van der Waals surface area (Å²) < 4.78 is 78.8. The first-order chi connectivity index (χ1) is 15.7. The van der Waals surface area contributed by atoms with Gasteiger partial charge in [-0.2, -0.15) is 26.3 Å². The van der Waals surface area contributed by atoms with Crippen molar-refractivity contribution in [2.45, 2.75) is 89.3 Å². The van der Waals surface area contributed by atoms with Crippen LogP contribution in [0.2, 0.25) is 0 Å². The summed E-state index contributed by atoms with van der Waals surface area (Å²) >= 11 is 0. The van der Waals surface area contributed by atoms with E-state index < -0.39 is 35.4 Å². The summed E-state index contributed by atoms with van der Waals surface area (Å²) in [7, 11) is 0. The Morgan fingerprint density at radius 2 is 1.59 bits per heavy atom. The van der Waals surface area contributed by atoms with Gasteiger partial charge in [-0.1, -0.05) is 26.7 Å². The zero-order valence-corrected chi connectivity index (χ0v) is 19.4. The Morgan fingerprint density at radius 3 is 2.06 bits per heavy atom. The summed E-state index contributed by atoms with van der Waals surface area (Å²) in [6.07, 6.45) is -4.37. The minimum absolute atomic E-state index is 0.00351. The fraction of sp³-hybridized carbons (Fsp3) is 0.708. The molecule has 0 heterocycles. The van der Waals surface area contributed by atoms with Crippen molar-refractivity contribution in [2.75, 3.05) is 6.61 Å². The maximum Gasteiger partial charge on any atom is 0.416 e. The van der Waals surface area contributed by atoms with Crippen molar-refractivity contribution >= 4 is 5.91 Å². The van der Waals surface area contributed by atoms with E-state index in [4.69, 9.17) is 0 Å². The van der Waals surface area contributed by atoms with Crippen LogP contribution in [0.3, 0.4) is 0 Å². The first-order valence-corrected chi connectivity index (χ1v) is 11.7. The minimum Gasteiger partial charge on any atom is -0.394 e. The Balaban J connectivity index is 1.75. The molecule has 0 bridgehead atoms. The molecule has 4 nitrogen and oxygen atoms in total. The number of carbonyl (C=O) groups is 1. The zero-order chi connectivity index (χ0) is 25.4. The molecule has 2 aliphatic carbocycles. The van der Waals surface area contributed by atoms with Crippen molar-refractivity contribution < 1.29 is 36.2 Å². The van der Waals surface area contributed by atoms with Crippen molar-refractivity contribution in [1.29, 1.82) is 0 Å². The molecule has 0 radical (unpaired) electrons. The lowest BCUT2D eigenvalue weighted by atomic mass is 9.74. The van der Waals surface area contributed by atoms with E-state index in [1.807, 2.05) is 13.8 Å². The van der Waals surface area contributed by atoms with E-state index >= 15 is 0 Å². The van der Waals surface area contributed by atoms with Crippen LogP contribution in [0.1, 0.15) is 75.5 Å². The molecule has 34 heavy (non-hydrogen) atoms. The lowest BCUT2D eigenvalue weighted by Crippen LogP contribution is -2.51. The highest BCUT2D eigenvalue weighted by molar-refractivity contribution is 5.83. The number of benzene rings is 1. The second-order valence-electron chi connectivity index (χ2n) is 10.1. The summed E-state index contributed by atoms with van der Waals surface area (Å²) in [5.74, 6) is -0.456. The summed E-state index contributed by atoms with van der Waals surface area (Å²) in [6.45, 7) is 3.37. The molecule has 10 heteroatoms. The molecule has 2 aliphatic rings. The highest BCUT2D eigenvalue weighted by Crippen LogP contribution is 2.46. The van der Waals surface area contributed by atoms with Crippen LogP contribution in [0.5, 0.6) is 0 Å². The van der Waals surface area contributed by atoms with Crippen LogP contribution in [0, 0.1) is 11.3 Å². The number of halogens is 6. The van der Waals surface area contributed by atoms with Crippen LogP contribution in [0.15, 0.2) is 18.2 Å². The normalized spacial score (nSPS) is 25.2. The maximum absolute atomic E-state index is 13.2. The van der Waals surface area contributed by atoms with Crippen LogP contribution in [-0.4, -0.2) is 29.2 Å². The molecule has 0 aromatic heterocycles. The standard InChI is InChI=1S/C24H32F6N2O2/c1-15(2)22(8-5-19(12-22)32-21(14-33)6-3-4-7-21)20(34)31-13-16-9-17(23(25,26)27)11-18(10-16)24(28,29)30/h9-11,15,19,32-33H,3-8,12-14H2,1-2H3,(H,31,34)/t19-,22+/m1/s1. The maximum atomic E-state index is 13.2. The van der Waals surface area contributed by atoms with Gasteiger partial charge >= 0.3 is 12.4 Å². The highest BCUT2D eigenvalue weighted by atomic mass is 19.4. The molecule has 0 spiro atoms. The predicted octanol–water partition coefficient (Wildman–Crippen LogP) is 5.43. The van der Waals surface area contributed by atoms with Crippen molar-refractivity contribution in [3.05, 3.63) is 34.9 Å². The van der Waals surface area contributed by atoms with E-state index in [0.29, 0.717) is 31.4 Å². The second kappa shape index (κ2) is 9.68. The number of carbonyl (C=O) groups excluding carboxylic acids is 1. The first kappa shape index (κ1) is 26.8. The van der Waals surface area contributed by atoms with Crippen molar-refractivity contribution in [3.63, 3.8) is 0 Å². The number of hydrogen-bond acceptors (Lipinski definition) is 3. The predicted molar refractivity (Wildman–Crippen MR) is 115 cm³/mol. The summed E-state index contributed by atoms with van der Waals surface area (Å²) in [4.78, 5) is 13.2. The summed E-state index contributed by atoms with van der Waals surface area (Å²) in [5, 5.41) is 16.0. The van der Waals surface area contributed by atoms with Gasteiger partial charge in [0.05, 0.1) is 23.1 Å². The van der Waals surface area contributed by atoms with E-state index in [2.05, 4.69) is 10.6 Å². The molecule has 3 N–H and O–H groups in total. The second-order valence-corrected chi connectivity index (χ2v) is 10.1. The Bertz CT molecular complexity index is 845. The van der Waals surface area contributed by atoms with Gasteiger partial charge in [0, 0.05) is 18.1 Å². The van der Waals surface area contributed by atoms with Crippen molar-refractivity contribution in [2.24, 2.45) is 11.3 Å². The molecule has 192 valence electrons. The fourth-order valence-electron chi connectivity index (χ4n) is 5.50. The molecule has 1 aromatic rings. The Morgan fingerprint density at radius 1 is 1.03 bits per heavy atom. The van der Waals surface area contributed by atoms with Crippen LogP contribution < -0.4 is 10.6 Å². The molecule has 1 aromatic carbocycles. The van der Waals surface area contributed by atoms with Gasteiger partial charge in [0.15, 0.2) is 0 Å². The van der Waals surface area contributed by atoms with Gasteiger partial charge in [0.1, 0.15) is 0 Å². The number of hydrogen-bond donors (Lipinski definition) is 3. The molecule has 3 rings (SSSR count). The van der Waals surface area contributed by atoms with Gasteiger partial charge in [0.25, 0.3) is 0 Å². The molecular formula is C24H32F6N2O2. The molecule has 0 aliphatic heterocycles. The van der Waals surface area contributed by atoms with Crippen LogP contribution in [-0.2, 0) is 23.7 Å². The number of aliphatic hydroxyl groups excluding tert-OH is 1. The highest BCUT2D eigenvalue weighted by Gasteiger charge is 2.49. The van der Waals surface area contributed by atoms with Gasteiger partial charge in [-0.15, -0.1) is 0 Å². The minimum atomic E-state index is -4.94. The molecule has 1 amide bonds. The molecule has 0 saturated heterocycles. The van der Waals surface area contributed by atoms with Gasteiger partial charge in [-0.3, -0.25) is 4.79 Å². The fourth-order valence-corrected chi connectivity index (χ4v) is 5.50. The smallest absolute Gasteiger partial charge is 0.394 e. The Kier molecular flexibility index (Phi) is 7.63. The molecule has 0 unspecified atom stereocenters. The summed E-state index contributed by atoms with van der Waals surface area (Å²) in [6, 6.07) is 1.36. The van der Waals surface area contributed by atoms with Gasteiger partial charge in [-0.25, -0.2) is 0 Å². The lowest BCUT2D eigenvalue weighted by Gasteiger charge is -2.35. The Labute approximate surface area is 195 Å². The van der Waals surface area contributed by atoms with Gasteiger partial charge in [0.2, 0.25) is 5.91 Å².